The van der Waals surface area contributed by atoms with Crippen LogP contribution in [-0.4, -0.2) is 18.6 Å². The van der Waals surface area contributed by atoms with E-state index < -0.39 is 11.8 Å². The van der Waals surface area contributed by atoms with E-state index in [4.69, 9.17) is 21.1 Å². The van der Waals surface area contributed by atoms with Gasteiger partial charge in [-0.25, -0.2) is 4.90 Å². The first-order valence-corrected chi connectivity index (χ1v) is 10.4. The molecule has 0 aromatic heterocycles. The smallest absolute Gasteiger partial charge is 0.282 e. The van der Waals surface area contributed by atoms with E-state index in [2.05, 4.69) is 5.32 Å². The van der Waals surface area contributed by atoms with E-state index in [0.29, 0.717) is 39.0 Å². The number of aryl methyl sites for hydroxylation is 2. The fourth-order valence-electron chi connectivity index (χ4n) is 3.93. The van der Waals surface area contributed by atoms with Crippen molar-refractivity contribution in [3.8, 4) is 11.5 Å². The average Bonchev–Trinajstić information content (AvgIpc) is 3.32. The van der Waals surface area contributed by atoms with Gasteiger partial charge in [0.2, 0.25) is 6.79 Å². The number of hydrogen-bond donors (Lipinski definition) is 1. The fourth-order valence-corrected chi connectivity index (χ4v) is 4.06. The molecule has 0 saturated carbocycles. The fraction of sp³-hybridized carbons (Fsp3) is 0.120. The number of carbonyl (C=O) groups is 2. The minimum atomic E-state index is -0.440. The molecule has 0 saturated heterocycles. The highest BCUT2D eigenvalue weighted by atomic mass is 35.5. The molecule has 2 aliphatic heterocycles. The minimum absolute atomic E-state index is 0.150. The summed E-state index contributed by atoms with van der Waals surface area (Å²) in [5, 5.41) is 3.68. The second-order valence-electron chi connectivity index (χ2n) is 7.68. The van der Waals surface area contributed by atoms with Gasteiger partial charge in [0.1, 0.15) is 5.70 Å². The molecule has 7 heteroatoms. The largest absolute Gasteiger partial charge is 0.454 e. The summed E-state index contributed by atoms with van der Waals surface area (Å²) in [6.07, 6.45) is 0. The number of amides is 2. The Bertz CT molecular complexity index is 1300. The lowest BCUT2D eigenvalue weighted by atomic mass is 9.97. The van der Waals surface area contributed by atoms with Gasteiger partial charge in [-0.2, -0.15) is 0 Å². The number of fused-ring (bicyclic) bond motifs is 1. The van der Waals surface area contributed by atoms with E-state index in [1.807, 2.05) is 32.0 Å². The van der Waals surface area contributed by atoms with Crippen molar-refractivity contribution in [3.63, 3.8) is 0 Å². The Labute approximate surface area is 190 Å². The third-order valence-electron chi connectivity index (χ3n) is 5.46. The molecule has 0 atom stereocenters. The highest BCUT2D eigenvalue weighted by Gasteiger charge is 2.40. The van der Waals surface area contributed by atoms with Crippen LogP contribution in [0.2, 0.25) is 5.02 Å². The lowest BCUT2D eigenvalue weighted by Gasteiger charge is -2.15. The van der Waals surface area contributed by atoms with Gasteiger partial charge < -0.3 is 14.8 Å². The summed E-state index contributed by atoms with van der Waals surface area (Å²) in [4.78, 5) is 28.2. The number of nitrogens with zero attached hydrogens (tertiary/aromatic N) is 1. The first-order chi connectivity index (χ1) is 15.4. The Morgan fingerprint density at radius 2 is 1.62 bits per heavy atom. The molecule has 160 valence electrons. The summed E-state index contributed by atoms with van der Waals surface area (Å²) in [6, 6.07) is 17.7. The quantitative estimate of drug-likeness (QED) is 0.566. The van der Waals surface area contributed by atoms with Gasteiger partial charge in [0.05, 0.1) is 11.3 Å². The summed E-state index contributed by atoms with van der Waals surface area (Å²) in [7, 11) is 0. The molecular formula is C25H19ClN2O4. The Kier molecular flexibility index (Phi) is 4.87. The molecule has 0 aliphatic carbocycles. The molecule has 0 unspecified atom stereocenters. The second-order valence-corrected chi connectivity index (χ2v) is 8.12. The van der Waals surface area contributed by atoms with Crippen molar-refractivity contribution >= 4 is 40.4 Å². The summed E-state index contributed by atoms with van der Waals surface area (Å²) >= 11 is 6.00. The summed E-state index contributed by atoms with van der Waals surface area (Å²) in [6.45, 7) is 4.06. The van der Waals surface area contributed by atoms with Crippen molar-refractivity contribution in [3.05, 3.63) is 88.1 Å². The Morgan fingerprint density at radius 3 is 2.38 bits per heavy atom. The number of nitrogens with one attached hydrogen (secondary N) is 1. The molecule has 2 amide bonds. The first-order valence-electron chi connectivity index (χ1n) is 10.1. The maximum absolute atomic E-state index is 13.6. The molecule has 3 aromatic rings. The molecule has 2 aliphatic rings. The lowest BCUT2D eigenvalue weighted by Crippen LogP contribution is -2.32. The number of rotatable bonds is 4. The normalized spacial score (nSPS) is 15.0. The highest BCUT2D eigenvalue weighted by Crippen LogP contribution is 2.38. The van der Waals surface area contributed by atoms with Gasteiger partial charge in [-0.1, -0.05) is 35.4 Å². The molecule has 2 heterocycles. The van der Waals surface area contributed by atoms with Gasteiger partial charge in [0.25, 0.3) is 11.8 Å². The SMILES string of the molecule is Cc1ccc(C2=C(Nc3ccc4c(c3)OCO4)C(=O)N(c3ccc(Cl)cc3)C2=O)c(C)c1. The number of benzene rings is 3. The van der Waals surface area contributed by atoms with Crippen molar-refractivity contribution < 1.29 is 19.1 Å². The number of imide groups is 1. The van der Waals surface area contributed by atoms with E-state index in [1.54, 1.807) is 42.5 Å². The van der Waals surface area contributed by atoms with Gasteiger partial charge in [-0.3, -0.25) is 9.59 Å². The van der Waals surface area contributed by atoms with E-state index in [0.717, 1.165) is 11.1 Å². The summed E-state index contributed by atoms with van der Waals surface area (Å²) in [5.74, 6) is 0.378. The molecule has 1 N–H and O–H groups in total. The molecule has 0 fully saturated rings. The zero-order valence-corrected chi connectivity index (χ0v) is 18.2. The molecule has 32 heavy (non-hydrogen) atoms. The predicted molar refractivity (Wildman–Crippen MR) is 123 cm³/mol. The van der Waals surface area contributed by atoms with Crippen LogP contribution in [0.4, 0.5) is 11.4 Å². The standard InChI is InChI=1S/C25H19ClN2O4/c1-14-3-9-19(15(2)11-14)22-23(27-17-6-10-20-21(12-17)32-13-31-20)25(30)28(24(22)29)18-7-4-16(26)5-8-18/h3-12,27H,13H2,1-2H3. The topological polar surface area (TPSA) is 67.9 Å². The second kappa shape index (κ2) is 7.73. The number of carbonyl (C=O) groups excluding carboxylic acids is 2. The van der Waals surface area contributed by atoms with Gasteiger partial charge in [0, 0.05) is 16.8 Å². The molecular weight excluding hydrogens is 428 g/mol. The van der Waals surface area contributed by atoms with E-state index >= 15 is 0 Å². The van der Waals surface area contributed by atoms with Crippen LogP contribution < -0.4 is 19.7 Å². The summed E-state index contributed by atoms with van der Waals surface area (Å²) < 4.78 is 10.8. The molecule has 0 bridgehead atoms. The number of anilines is 2. The van der Waals surface area contributed by atoms with E-state index in [9.17, 15) is 9.59 Å². The summed E-state index contributed by atoms with van der Waals surface area (Å²) in [5.41, 5.74) is 4.27. The van der Waals surface area contributed by atoms with Crippen molar-refractivity contribution in [1.29, 1.82) is 0 Å². The molecule has 0 radical (unpaired) electrons. The van der Waals surface area contributed by atoms with Crippen LogP contribution in [0.15, 0.2) is 66.4 Å². The maximum Gasteiger partial charge on any atom is 0.282 e. The van der Waals surface area contributed by atoms with Crippen LogP contribution in [0.25, 0.3) is 5.57 Å². The monoisotopic (exact) mass is 446 g/mol. The van der Waals surface area contributed by atoms with Crippen molar-refractivity contribution in [2.45, 2.75) is 13.8 Å². The lowest BCUT2D eigenvalue weighted by molar-refractivity contribution is -0.120. The first kappa shape index (κ1) is 20.2. The molecule has 6 nitrogen and oxygen atoms in total. The third-order valence-corrected chi connectivity index (χ3v) is 5.71. The number of halogens is 1. The van der Waals surface area contributed by atoms with Gasteiger partial charge >= 0.3 is 0 Å². The van der Waals surface area contributed by atoms with E-state index in [1.165, 1.54) is 4.90 Å². The minimum Gasteiger partial charge on any atom is -0.454 e. The Hall–Kier alpha value is -3.77. The van der Waals surface area contributed by atoms with Crippen LogP contribution in [0.3, 0.4) is 0 Å². The van der Waals surface area contributed by atoms with Gasteiger partial charge in [-0.15, -0.1) is 0 Å². The Morgan fingerprint density at radius 1 is 0.875 bits per heavy atom. The van der Waals surface area contributed by atoms with Crippen molar-refractivity contribution in [2.24, 2.45) is 0 Å². The number of ether oxygens (including phenoxy) is 2. The highest BCUT2D eigenvalue weighted by molar-refractivity contribution is 6.46. The zero-order valence-electron chi connectivity index (χ0n) is 17.4. The van der Waals surface area contributed by atoms with E-state index in [-0.39, 0.29) is 12.5 Å². The predicted octanol–water partition coefficient (Wildman–Crippen LogP) is 5.08. The Balaban J connectivity index is 1.62. The third kappa shape index (κ3) is 3.39. The van der Waals surface area contributed by atoms with Gasteiger partial charge in [-0.05, 0) is 61.4 Å². The maximum atomic E-state index is 13.6. The van der Waals surface area contributed by atoms with Crippen LogP contribution in [0.1, 0.15) is 16.7 Å². The molecule has 5 rings (SSSR count). The van der Waals surface area contributed by atoms with Crippen molar-refractivity contribution in [1.82, 2.24) is 0 Å². The van der Waals surface area contributed by atoms with Crippen molar-refractivity contribution in [2.75, 3.05) is 17.0 Å². The number of hydrogen-bond acceptors (Lipinski definition) is 5. The average molecular weight is 447 g/mol. The van der Waals surface area contributed by atoms with Crippen LogP contribution in [-0.2, 0) is 9.59 Å². The van der Waals surface area contributed by atoms with Gasteiger partial charge in [0.15, 0.2) is 11.5 Å². The zero-order chi connectivity index (χ0) is 22.4. The molecule has 3 aromatic carbocycles. The van der Waals surface area contributed by atoms with Crippen LogP contribution in [0.5, 0.6) is 11.5 Å². The van der Waals surface area contributed by atoms with Crippen LogP contribution >= 0.6 is 11.6 Å². The molecule has 0 spiro atoms. The van der Waals surface area contributed by atoms with Crippen LogP contribution in [0, 0.1) is 13.8 Å².